The maximum Gasteiger partial charge on any atom is 0.225 e. The molecule has 2 saturated heterocycles. The zero-order chi connectivity index (χ0) is 19.8. The van der Waals surface area contributed by atoms with E-state index in [-0.39, 0.29) is 5.92 Å². The van der Waals surface area contributed by atoms with E-state index in [1.165, 1.54) is 25.9 Å². The number of likely N-dealkylation sites (N-methyl/N-ethyl adjacent to an activating group) is 1. The Bertz CT molecular complexity index is 511. The summed E-state index contributed by atoms with van der Waals surface area (Å²) in [5.74, 6) is 1.57. The molecule has 160 valence electrons. The topological polar surface area (TPSA) is 63.2 Å². The van der Waals surface area contributed by atoms with E-state index in [0.29, 0.717) is 11.9 Å². The molecular weight excluding hydrogens is 352 g/mol. The van der Waals surface area contributed by atoms with Gasteiger partial charge in [0.05, 0.1) is 6.54 Å². The maximum atomic E-state index is 12.6. The highest BCUT2D eigenvalue weighted by molar-refractivity contribution is 5.81. The molecule has 3 fully saturated rings. The molecule has 3 rings (SSSR count). The normalized spacial score (nSPS) is 25.4. The number of amides is 1. The van der Waals surface area contributed by atoms with Crippen LogP contribution in [0.15, 0.2) is 4.99 Å². The predicted molar refractivity (Wildman–Crippen MR) is 115 cm³/mol. The lowest BCUT2D eigenvalue weighted by atomic mass is 10.1. The van der Waals surface area contributed by atoms with E-state index in [2.05, 4.69) is 39.2 Å². The fraction of sp³-hybridized carbons (Fsp3) is 0.905. The summed E-state index contributed by atoms with van der Waals surface area (Å²) in [5.41, 5.74) is 0. The minimum atomic E-state index is 0.286. The summed E-state index contributed by atoms with van der Waals surface area (Å²) >= 11 is 0. The zero-order valence-electron chi connectivity index (χ0n) is 18.0. The molecule has 0 radical (unpaired) electrons. The number of hydrogen-bond donors (Lipinski definition) is 2. The number of likely N-dealkylation sites (tertiary alicyclic amines) is 1. The maximum absolute atomic E-state index is 12.6. The van der Waals surface area contributed by atoms with Crippen LogP contribution in [0.2, 0.25) is 0 Å². The van der Waals surface area contributed by atoms with E-state index < -0.39 is 0 Å². The zero-order valence-corrected chi connectivity index (χ0v) is 18.0. The van der Waals surface area contributed by atoms with Gasteiger partial charge in [0.25, 0.3) is 0 Å². The van der Waals surface area contributed by atoms with Gasteiger partial charge in [0.2, 0.25) is 5.91 Å². The molecule has 1 aliphatic carbocycles. The van der Waals surface area contributed by atoms with Crippen molar-refractivity contribution in [3.63, 3.8) is 0 Å². The number of nitrogens with one attached hydrogen (secondary N) is 2. The molecule has 1 saturated carbocycles. The largest absolute Gasteiger partial charge is 0.357 e. The molecule has 0 aromatic carbocycles. The van der Waals surface area contributed by atoms with Crippen LogP contribution in [-0.4, -0.2) is 98.1 Å². The van der Waals surface area contributed by atoms with E-state index in [1.54, 1.807) is 0 Å². The van der Waals surface area contributed by atoms with Gasteiger partial charge in [-0.15, -0.1) is 0 Å². The van der Waals surface area contributed by atoms with Gasteiger partial charge in [-0.1, -0.05) is 19.8 Å². The standard InChI is InChI=1S/C21H40N6O/c1-3-22-21(23-10-12-26-15-13-25(4-2)14-16-26)24-19-9-11-27(17-19)20(28)18-7-5-6-8-18/h18-19H,3-17H2,1-2H3,(H2,22,23,24). The quantitative estimate of drug-likeness (QED) is 0.499. The minimum absolute atomic E-state index is 0.286. The first-order valence-electron chi connectivity index (χ1n) is 11.5. The van der Waals surface area contributed by atoms with Crippen molar-refractivity contribution in [2.24, 2.45) is 10.9 Å². The molecule has 2 aliphatic heterocycles. The lowest BCUT2D eigenvalue weighted by molar-refractivity contribution is -0.134. The van der Waals surface area contributed by atoms with E-state index in [9.17, 15) is 4.79 Å². The summed E-state index contributed by atoms with van der Waals surface area (Å²) in [6, 6.07) is 0.316. The van der Waals surface area contributed by atoms with Gasteiger partial charge < -0.3 is 20.4 Å². The Morgan fingerprint density at radius 2 is 1.71 bits per heavy atom. The Morgan fingerprint density at radius 3 is 2.39 bits per heavy atom. The number of rotatable bonds is 7. The van der Waals surface area contributed by atoms with E-state index in [4.69, 9.17) is 4.99 Å². The third-order valence-electron chi connectivity index (χ3n) is 6.49. The first-order chi connectivity index (χ1) is 13.7. The molecular formula is C21H40N6O. The number of carbonyl (C=O) groups is 1. The van der Waals surface area contributed by atoms with Crippen LogP contribution in [0.25, 0.3) is 0 Å². The number of nitrogens with zero attached hydrogens (tertiary/aromatic N) is 4. The van der Waals surface area contributed by atoms with Crippen LogP contribution in [0.5, 0.6) is 0 Å². The lowest BCUT2D eigenvalue weighted by Gasteiger charge is -2.33. The van der Waals surface area contributed by atoms with E-state index >= 15 is 0 Å². The average molecular weight is 393 g/mol. The second kappa shape index (κ2) is 11.0. The third kappa shape index (κ3) is 6.08. The highest BCUT2D eigenvalue weighted by atomic mass is 16.2. The van der Waals surface area contributed by atoms with Crippen molar-refractivity contribution in [1.29, 1.82) is 0 Å². The lowest BCUT2D eigenvalue weighted by Crippen LogP contribution is -2.47. The van der Waals surface area contributed by atoms with Crippen molar-refractivity contribution in [2.75, 3.05) is 65.4 Å². The predicted octanol–water partition coefficient (Wildman–Crippen LogP) is 0.970. The van der Waals surface area contributed by atoms with Crippen LogP contribution >= 0.6 is 0 Å². The average Bonchev–Trinajstić information content (AvgIpc) is 3.40. The van der Waals surface area contributed by atoms with Gasteiger partial charge in [0.15, 0.2) is 5.96 Å². The Morgan fingerprint density at radius 1 is 1.00 bits per heavy atom. The summed E-state index contributed by atoms with van der Waals surface area (Å²) in [5, 5.41) is 6.94. The van der Waals surface area contributed by atoms with Crippen molar-refractivity contribution in [1.82, 2.24) is 25.3 Å². The molecule has 1 unspecified atom stereocenters. The summed E-state index contributed by atoms with van der Waals surface area (Å²) in [6.45, 7) is 14.5. The van der Waals surface area contributed by atoms with Crippen molar-refractivity contribution >= 4 is 11.9 Å². The summed E-state index contributed by atoms with van der Waals surface area (Å²) in [6.07, 6.45) is 5.63. The smallest absolute Gasteiger partial charge is 0.225 e. The number of aliphatic imine (C=N–C) groups is 1. The number of hydrogen-bond acceptors (Lipinski definition) is 4. The molecule has 1 amide bonds. The third-order valence-corrected chi connectivity index (χ3v) is 6.49. The van der Waals surface area contributed by atoms with Crippen molar-refractivity contribution in [2.45, 2.75) is 52.0 Å². The minimum Gasteiger partial charge on any atom is -0.357 e. The van der Waals surface area contributed by atoms with Crippen LogP contribution in [0, 0.1) is 5.92 Å². The van der Waals surface area contributed by atoms with E-state index in [0.717, 1.165) is 77.6 Å². The first-order valence-corrected chi connectivity index (χ1v) is 11.5. The SMILES string of the molecule is CCNC(=NCCN1CCN(CC)CC1)NC1CCN(C(=O)C2CCCC2)C1. The van der Waals surface area contributed by atoms with Crippen molar-refractivity contribution < 1.29 is 4.79 Å². The van der Waals surface area contributed by atoms with Crippen LogP contribution in [0.3, 0.4) is 0 Å². The summed E-state index contributed by atoms with van der Waals surface area (Å²) < 4.78 is 0. The number of piperazine rings is 1. The molecule has 7 nitrogen and oxygen atoms in total. The van der Waals surface area contributed by atoms with Crippen LogP contribution in [0.4, 0.5) is 0 Å². The van der Waals surface area contributed by atoms with Gasteiger partial charge in [-0.3, -0.25) is 14.7 Å². The van der Waals surface area contributed by atoms with E-state index in [1.807, 2.05) is 0 Å². The Labute approximate surface area is 170 Å². The van der Waals surface area contributed by atoms with Gasteiger partial charge >= 0.3 is 0 Å². The Balaban J connectivity index is 1.41. The Hall–Kier alpha value is -1.34. The molecule has 2 heterocycles. The highest BCUT2D eigenvalue weighted by Gasteiger charge is 2.32. The van der Waals surface area contributed by atoms with Gasteiger partial charge in [-0.2, -0.15) is 0 Å². The summed E-state index contributed by atoms with van der Waals surface area (Å²) in [4.78, 5) is 24.5. The van der Waals surface area contributed by atoms with Crippen molar-refractivity contribution in [3.8, 4) is 0 Å². The van der Waals surface area contributed by atoms with Crippen molar-refractivity contribution in [3.05, 3.63) is 0 Å². The van der Waals surface area contributed by atoms with Gasteiger partial charge in [-0.05, 0) is 32.7 Å². The van der Waals surface area contributed by atoms with Crippen LogP contribution < -0.4 is 10.6 Å². The van der Waals surface area contributed by atoms with Crippen LogP contribution in [0.1, 0.15) is 46.0 Å². The number of carbonyl (C=O) groups excluding carboxylic acids is 1. The molecule has 0 bridgehead atoms. The molecule has 0 aromatic rings. The fourth-order valence-corrected chi connectivity index (χ4v) is 4.65. The Kier molecular flexibility index (Phi) is 8.40. The molecule has 1 atom stereocenters. The molecule has 0 aromatic heterocycles. The monoisotopic (exact) mass is 392 g/mol. The van der Waals surface area contributed by atoms with Gasteiger partial charge in [0.1, 0.15) is 0 Å². The summed E-state index contributed by atoms with van der Waals surface area (Å²) in [7, 11) is 0. The second-order valence-corrected chi connectivity index (χ2v) is 8.43. The molecule has 7 heteroatoms. The van der Waals surface area contributed by atoms with Gasteiger partial charge in [0, 0.05) is 64.3 Å². The second-order valence-electron chi connectivity index (χ2n) is 8.43. The van der Waals surface area contributed by atoms with Gasteiger partial charge in [-0.25, -0.2) is 0 Å². The molecule has 3 aliphatic rings. The number of guanidine groups is 1. The molecule has 0 spiro atoms. The molecule has 28 heavy (non-hydrogen) atoms. The first kappa shape index (κ1) is 21.4. The van der Waals surface area contributed by atoms with Crippen LogP contribution in [-0.2, 0) is 4.79 Å². The highest BCUT2D eigenvalue weighted by Crippen LogP contribution is 2.27. The fourth-order valence-electron chi connectivity index (χ4n) is 4.65. The molecule has 2 N–H and O–H groups in total.